The molecule has 3 aliphatic heterocycles. The van der Waals surface area contributed by atoms with E-state index in [-0.39, 0.29) is 60.4 Å². The fraction of sp³-hybridized carbons (Fsp3) is 0.632. The van der Waals surface area contributed by atoms with Crippen LogP contribution in [0.5, 0.6) is 0 Å². The number of nitrogens with one attached hydrogen (secondary N) is 2. The number of sulfonamides is 1. The van der Waals surface area contributed by atoms with Crippen molar-refractivity contribution in [3.63, 3.8) is 0 Å². The number of aliphatic hydroxyl groups is 1. The first-order valence-electron chi connectivity index (χ1n) is 19.6. The number of rotatable bonds is 13. The minimum absolute atomic E-state index is 0.0133. The fourth-order valence-electron chi connectivity index (χ4n) is 8.18. The van der Waals surface area contributed by atoms with E-state index in [2.05, 4.69) is 25.3 Å². The molecule has 310 valence electrons. The zero-order valence-corrected chi connectivity index (χ0v) is 34.8. The minimum atomic E-state index is -3.83. The average Bonchev–Trinajstić information content (AvgIpc) is 3.87. The minimum Gasteiger partial charge on any atom is -0.384 e. The molecule has 4 amide bonds. The van der Waals surface area contributed by atoms with Gasteiger partial charge in [-0.25, -0.2) is 22.8 Å². The number of thioether (sulfide) groups is 2. The van der Waals surface area contributed by atoms with E-state index in [1.165, 1.54) is 40.0 Å². The van der Waals surface area contributed by atoms with Crippen molar-refractivity contribution in [2.45, 2.75) is 119 Å². The lowest BCUT2D eigenvalue weighted by atomic mass is 9.85. The molecule has 19 heteroatoms. The van der Waals surface area contributed by atoms with E-state index in [0.717, 1.165) is 56.5 Å². The van der Waals surface area contributed by atoms with Crippen molar-refractivity contribution in [1.82, 2.24) is 29.9 Å². The molecule has 1 aromatic carbocycles. The van der Waals surface area contributed by atoms with Gasteiger partial charge >= 0.3 is 0 Å². The third kappa shape index (κ3) is 10.1. The Kier molecular flexibility index (Phi) is 13.6. The number of nitrogens with zero attached hydrogens (tertiary/aromatic N) is 5. The predicted molar refractivity (Wildman–Crippen MR) is 216 cm³/mol. The molecular weight excluding hydrogens is 793 g/mol. The van der Waals surface area contributed by atoms with Crippen LogP contribution in [0.2, 0.25) is 0 Å². The Morgan fingerprint density at radius 1 is 0.982 bits per heavy atom. The molecule has 0 radical (unpaired) electrons. The Hall–Kier alpha value is -3.65. The van der Waals surface area contributed by atoms with E-state index < -0.39 is 62.7 Å². The van der Waals surface area contributed by atoms with Gasteiger partial charge in [-0.15, -0.1) is 5.10 Å². The van der Waals surface area contributed by atoms with E-state index in [1.54, 1.807) is 37.4 Å². The van der Waals surface area contributed by atoms with Gasteiger partial charge in [-0.05, 0) is 99.1 Å². The Morgan fingerprint density at radius 3 is 2.26 bits per heavy atom. The number of hydrogen-bond donors (Lipinski definition) is 4. The third-order valence-corrected chi connectivity index (χ3v) is 15.0. The highest BCUT2D eigenvalue weighted by Crippen LogP contribution is 2.35. The van der Waals surface area contributed by atoms with Crippen LogP contribution in [0.3, 0.4) is 0 Å². The van der Waals surface area contributed by atoms with Crippen molar-refractivity contribution < 1.29 is 37.5 Å². The van der Waals surface area contributed by atoms with E-state index in [4.69, 9.17) is 5.73 Å². The molecule has 0 unspecified atom stereocenters. The topological polar surface area (TPSA) is 236 Å². The lowest BCUT2D eigenvalue weighted by molar-refractivity contribution is -0.143. The molecule has 0 bridgehead atoms. The molecule has 2 atom stereocenters. The van der Waals surface area contributed by atoms with Gasteiger partial charge in [0.1, 0.15) is 22.9 Å². The highest BCUT2D eigenvalue weighted by Gasteiger charge is 2.49. The van der Waals surface area contributed by atoms with Gasteiger partial charge in [-0.2, -0.15) is 23.5 Å². The normalized spacial score (nSPS) is 22.6. The average molecular weight is 845 g/mol. The van der Waals surface area contributed by atoms with Crippen molar-refractivity contribution in [2.24, 2.45) is 16.6 Å². The number of carbonyl (C=O) groups is 5. The smallest absolute Gasteiger partial charge is 0.287 e. The number of likely N-dealkylation sites (tertiary alicyclic amines) is 1. The summed E-state index contributed by atoms with van der Waals surface area (Å²) < 4.78 is 30.5. The van der Waals surface area contributed by atoms with Gasteiger partial charge in [0.2, 0.25) is 21.7 Å². The monoisotopic (exact) mass is 844 g/mol. The van der Waals surface area contributed by atoms with Gasteiger partial charge in [-0.1, -0.05) is 37.3 Å². The van der Waals surface area contributed by atoms with Gasteiger partial charge in [0.05, 0.1) is 22.8 Å². The first-order valence-corrected chi connectivity index (χ1v) is 23.4. The number of aromatic nitrogens is 3. The standard InChI is InChI=1S/C38H52N8O8S3/c1-37(2,52)31-22-40-44-46(31)27-21-30(35(50)42-38(32(47)33(39)48)14-18-56-19-15-38)45(23-27)36(51)29(20-24-6-4-3-5-7-24)41-34(49)25-8-10-28(11-9-25)57(53,54)43-26-12-16-55-17-13-26/h8-11,22,24,26-27,30,43,52H,3-7,12-21,23H2,1-2H3,(H2,39,48)(H,42,50)/b41-29+/t27-,30-/m0/s1. The number of nitrogens with two attached hydrogens (primary N) is 1. The van der Waals surface area contributed by atoms with Crippen LogP contribution in [0.25, 0.3) is 0 Å². The number of amides is 4. The van der Waals surface area contributed by atoms with E-state index in [0.29, 0.717) is 17.2 Å². The molecule has 1 aliphatic carbocycles. The summed E-state index contributed by atoms with van der Waals surface area (Å²) in [5.41, 5.74) is 2.96. The van der Waals surface area contributed by atoms with Gasteiger partial charge in [0, 0.05) is 24.6 Å². The summed E-state index contributed by atoms with van der Waals surface area (Å²) in [5.74, 6) is -1.30. The summed E-state index contributed by atoms with van der Waals surface area (Å²) in [5, 5.41) is 21.9. The van der Waals surface area contributed by atoms with Crippen molar-refractivity contribution in [3.05, 3.63) is 41.7 Å². The Bertz CT molecular complexity index is 1960. The van der Waals surface area contributed by atoms with Crippen LogP contribution >= 0.6 is 23.5 Å². The Labute approximate surface area is 341 Å². The van der Waals surface area contributed by atoms with Crippen LogP contribution in [-0.4, -0.2) is 116 Å². The van der Waals surface area contributed by atoms with Crippen LogP contribution in [-0.2, 0) is 34.8 Å². The van der Waals surface area contributed by atoms with Gasteiger partial charge in [0.25, 0.3) is 17.7 Å². The lowest BCUT2D eigenvalue weighted by Gasteiger charge is -2.37. The predicted octanol–water partition coefficient (Wildman–Crippen LogP) is 2.51. The molecule has 57 heavy (non-hydrogen) atoms. The molecule has 2 aromatic rings. The van der Waals surface area contributed by atoms with Crippen molar-refractivity contribution in [2.75, 3.05) is 29.6 Å². The fourth-order valence-corrected chi connectivity index (χ4v) is 11.8. The molecule has 4 heterocycles. The van der Waals surface area contributed by atoms with Crippen molar-refractivity contribution in [1.29, 1.82) is 0 Å². The van der Waals surface area contributed by atoms with Crippen LogP contribution in [0.4, 0.5) is 0 Å². The van der Waals surface area contributed by atoms with Crippen LogP contribution in [0, 0.1) is 5.92 Å². The maximum Gasteiger partial charge on any atom is 0.287 e. The quantitative estimate of drug-likeness (QED) is 0.168. The summed E-state index contributed by atoms with van der Waals surface area (Å²) in [6.45, 7) is 3.08. The van der Waals surface area contributed by atoms with Crippen molar-refractivity contribution in [3.8, 4) is 0 Å². The highest BCUT2D eigenvalue weighted by atomic mass is 32.2. The second kappa shape index (κ2) is 18.1. The molecule has 16 nitrogen and oxygen atoms in total. The molecule has 6 rings (SSSR count). The second-order valence-corrected chi connectivity index (χ2v) is 20.1. The largest absolute Gasteiger partial charge is 0.384 e. The number of aliphatic imine (C=N–C) groups is 1. The first kappa shape index (κ1) is 42.9. The highest BCUT2D eigenvalue weighted by molar-refractivity contribution is 7.99. The number of benzene rings is 1. The van der Waals surface area contributed by atoms with Gasteiger partial charge in [-0.3, -0.25) is 24.0 Å². The van der Waals surface area contributed by atoms with E-state index in [9.17, 15) is 37.5 Å². The molecule has 4 aliphatic rings. The van der Waals surface area contributed by atoms with E-state index in [1.807, 2.05) is 0 Å². The van der Waals surface area contributed by atoms with Gasteiger partial charge < -0.3 is 21.1 Å². The molecule has 5 N–H and O–H groups in total. The number of ketones is 1. The SMILES string of the molecule is CC(C)(O)c1cnnn1[C@H]1C[C@@H](C(=O)NC2(C(=O)C(N)=O)CCSCC2)N(C(=O)/C(CC2CCCCC2)=N/C(=O)c2ccc(S(=O)(=O)NC3CCSCC3)cc2)C1. The summed E-state index contributed by atoms with van der Waals surface area (Å²) in [6, 6.07) is 3.48. The molecule has 1 aromatic heterocycles. The zero-order valence-electron chi connectivity index (χ0n) is 32.4. The van der Waals surface area contributed by atoms with Crippen LogP contribution in [0.15, 0.2) is 40.4 Å². The van der Waals surface area contributed by atoms with Crippen molar-refractivity contribution >= 4 is 68.7 Å². The first-order chi connectivity index (χ1) is 27.1. The molecule has 3 saturated heterocycles. The van der Waals surface area contributed by atoms with Crippen LogP contribution in [0.1, 0.15) is 107 Å². The zero-order chi connectivity index (χ0) is 41.0. The molecule has 4 fully saturated rings. The number of carbonyl (C=O) groups excluding carboxylic acids is 5. The number of Topliss-reactive ketones (excluding diaryl/α,β-unsaturated/α-hetero) is 1. The van der Waals surface area contributed by atoms with E-state index >= 15 is 0 Å². The Morgan fingerprint density at radius 2 is 1.63 bits per heavy atom. The molecular formula is C38H52N8O8S3. The van der Waals surface area contributed by atoms with Crippen LogP contribution < -0.4 is 15.8 Å². The number of primary amides is 1. The lowest BCUT2D eigenvalue weighted by Crippen LogP contribution is -2.63. The molecule has 1 saturated carbocycles. The number of hydrogen-bond acceptors (Lipinski definition) is 12. The third-order valence-electron chi connectivity index (χ3n) is 11.4. The maximum atomic E-state index is 14.8. The summed E-state index contributed by atoms with van der Waals surface area (Å²) in [7, 11) is -3.83. The second-order valence-electron chi connectivity index (χ2n) is 16.0. The summed E-state index contributed by atoms with van der Waals surface area (Å²) in [4.78, 5) is 74.2. The summed E-state index contributed by atoms with van der Waals surface area (Å²) in [6.07, 6.45) is 8.07. The maximum absolute atomic E-state index is 14.8. The Balaban J connectivity index is 1.32. The summed E-state index contributed by atoms with van der Waals surface area (Å²) >= 11 is 3.37. The van der Waals surface area contributed by atoms with Gasteiger partial charge in [0.15, 0.2) is 0 Å². The molecule has 0 spiro atoms.